The molecule has 0 saturated carbocycles. The van der Waals surface area contributed by atoms with Gasteiger partial charge in [-0.1, -0.05) is 115 Å². The summed E-state index contributed by atoms with van der Waals surface area (Å²) in [6.07, 6.45) is 0. The van der Waals surface area contributed by atoms with Crippen molar-refractivity contribution in [3.8, 4) is 22.3 Å². The Balaban J connectivity index is 1.10. The Labute approximate surface area is 325 Å². The summed E-state index contributed by atoms with van der Waals surface area (Å²) in [5, 5.41) is 9.33. The zero-order chi connectivity index (χ0) is 36.7. The maximum atomic E-state index is 6.96. The smallest absolute Gasteiger partial charge is 0.143 e. The topological polar surface area (TPSA) is 29.5 Å². The number of thiophene rings is 1. The molecule has 9 aromatic carbocycles. The van der Waals surface area contributed by atoms with E-state index in [9.17, 15) is 0 Å². The van der Waals surface area contributed by atoms with Crippen molar-refractivity contribution in [2.45, 2.75) is 0 Å². The SMILES string of the molecule is c1ccc(-c2ccc(N(c3ccc4c(c3)oc3ccccc34)c3ccc4oc5c(-c6cccc7sc8ccccc8c67)cc6ccccc6c5c4c3)cc2)cc1. The number of hydrogen-bond donors (Lipinski definition) is 0. The number of anilines is 3. The van der Waals surface area contributed by atoms with E-state index in [2.05, 4.69) is 181 Å². The fourth-order valence-corrected chi connectivity index (χ4v) is 9.82. The Hall–Kier alpha value is -7.14. The number of hydrogen-bond acceptors (Lipinski definition) is 4. The molecule has 0 aliphatic carbocycles. The van der Waals surface area contributed by atoms with Crippen LogP contribution < -0.4 is 4.90 Å². The van der Waals surface area contributed by atoms with Crippen molar-refractivity contribution in [3.05, 3.63) is 188 Å². The Bertz CT molecular complexity index is 3480. The van der Waals surface area contributed by atoms with E-state index in [-0.39, 0.29) is 0 Å². The molecule has 4 heteroatoms. The molecule has 3 heterocycles. The number of benzene rings is 9. The summed E-state index contributed by atoms with van der Waals surface area (Å²) in [6.45, 7) is 0. The quantitative estimate of drug-likeness (QED) is 0.176. The predicted octanol–water partition coefficient (Wildman–Crippen LogP) is 15.8. The second-order valence-corrected chi connectivity index (χ2v) is 15.5. The van der Waals surface area contributed by atoms with E-state index in [0.717, 1.165) is 66.5 Å². The van der Waals surface area contributed by atoms with Crippen molar-refractivity contribution in [2.24, 2.45) is 0 Å². The molecular formula is C52H31NO2S. The van der Waals surface area contributed by atoms with Crippen LogP contribution in [-0.4, -0.2) is 0 Å². The van der Waals surface area contributed by atoms with Gasteiger partial charge < -0.3 is 13.7 Å². The van der Waals surface area contributed by atoms with Gasteiger partial charge in [0.15, 0.2) is 0 Å². The summed E-state index contributed by atoms with van der Waals surface area (Å²) in [5.41, 5.74) is 11.3. The maximum absolute atomic E-state index is 6.96. The van der Waals surface area contributed by atoms with Crippen molar-refractivity contribution in [2.75, 3.05) is 4.90 Å². The lowest BCUT2D eigenvalue weighted by molar-refractivity contribution is 0.669. The van der Waals surface area contributed by atoms with E-state index in [0.29, 0.717) is 0 Å². The molecule has 12 rings (SSSR count). The minimum atomic E-state index is 0.857. The van der Waals surface area contributed by atoms with Gasteiger partial charge in [-0.2, -0.15) is 0 Å². The fraction of sp³-hybridized carbons (Fsp3) is 0. The van der Waals surface area contributed by atoms with Crippen LogP contribution in [0.3, 0.4) is 0 Å². The summed E-state index contributed by atoms with van der Waals surface area (Å²) in [7, 11) is 0. The Morgan fingerprint density at radius 2 is 1.02 bits per heavy atom. The summed E-state index contributed by atoms with van der Waals surface area (Å²) >= 11 is 1.84. The molecule has 0 saturated heterocycles. The van der Waals surface area contributed by atoms with Gasteiger partial charge in [0.25, 0.3) is 0 Å². The highest BCUT2D eigenvalue weighted by molar-refractivity contribution is 7.25. The Kier molecular flexibility index (Phi) is 6.80. The number of para-hydroxylation sites is 1. The third-order valence-corrected chi connectivity index (χ3v) is 12.4. The van der Waals surface area contributed by atoms with Crippen LogP contribution in [0.15, 0.2) is 197 Å². The molecule has 0 atom stereocenters. The summed E-state index contributed by atoms with van der Waals surface area (Å²) in [5.74, 6) is 0. The lowest BCUT2D eigenvalue weighted by atomic mass is 9.94. The lowest BCUT2D eigenvalue weighted by Gasteiger charge is -2.25. The number of nitrogens with zero attached hydrogens (tertiary/aromatic N) is 1. The van der Waals surface area contributed by atoms with Crippen LogP contribution in [0.1, 0.15) is 0 Å². The third-order valence-electron chi connectivity index (χ3n) is 11.3. The monoisotopic (exact) mass is 733 g/mol. The van der Waals surface area contributed by atoms with Crippen LogP contribution in [0, 0.1) is 0 Å². The van der Waals surface area contributed by atoms with E-state index >= 15 is 0 Å². The van der Waals surface area contributed by atoms with Gasteiger partial charge in [0.05, 0.1) is 0 Å². The second-order valence-electron chi connectivity index (χ2n) is 14.4. The number of fused-ring (bicyclic) bond motifs is 11. The van der Waals surface area contributed by atoms with Gasteiger partial charge in [0, 0.05) is 70.4 Å². The van der Waals surface area contributed by atoms with Crippen molar-refractivity contribution in [3.63, 3.8) is 0 Å². The molecule has 0 bridgehead atoms. The molecule has 0 aliphatic heterocycles. The van der Waals surface area contributed by atoms with Gasteiger partial charge in [0.2, 0.25) is 0 Å². The van der Waals surface area contributed by atoms with E-state index < -0.39 is 0 Å². The van der Waals surface area contributed by atoms with Crippen LogP contribution in [0.25, 0.3) is 97.1 Å². The minimum Gasteiger partial charge on any atom is -0.456 e. The molecular weight excluding hydrogens is 703 g/mol. The number of rotatable bonds is 5. The molecule has 3 aromatic heterocycles. The minimum absolute atomic E-state index is 0.857. The maximum Gasteiger partial charge on any atom is 0.143 e. The molecule has 0 aliphatic rings. The molecule has 0 N–H and O–H groups in total. The van der Waals surface area contributed by atoms with Crippen LogP contribution in [0.2, 0.25) is 0 Å². The first-order valence-electron chi connectivity index (χ1n) is 18.9. The van der Waals surface area contributed by atoms with Gasteiger partial charge in [-0.15, -0.1) is 11.3 Å². The molecule has 0 unspecified atom stereocenters. The van der Waals surface area contributed by atoms with E-state index in [1.807, 2.05) is 23.5 Å². The summed E-state index contributed by atoms with van der Waals surface area (Å²) in [6, 6.07) is 67.1. The van der Waals surface area contributed by atoms with Crippen LogP contribution in [0.4, 0.5) is 17.1 Å². The molecule has 0 radical (unpaired) electrons. The first kappa shape index (κ1) is 31.2. The van der Waals surface area contributed by atoms with Gasteiger partial charge in [-0.3, -0.25) is 0 Å². The zero-order valence-corrected chi connectivity index (χ0v) is 30.9. The fourth-order valence-electron chi connectivity index (χ4n) is 8.69. The zero-order valence-electron chi connectivity index (χ0n) is 30.1. The highest BCUT2D eigenvalue weighted by Gasteiger charge is 2.22. The van der Waals surface area contributed by atoms with E-state index in [1.165, 1.54) is 47.6 Å². The molecule has 262 valence electrons. The van der Waals surface area contributed by atoms with Crippen LogP contribution in [-0.2, 0) is 0 Å². The van der Waals surface area contributed by atoms with E-state index in [1.54, 1.807) is 0 Å². The van der Waals surface area contributed by atoms with Crippen molar-refractivity contribution in [1.29, 1.82) is 0 Å². The van der Waals surface area contributed by atoms with Crippen LogP contribution >= 0.6 is 11.3 Å². The normalized spacial score (nSPS) is 11.9. The van der Waals surface area contributed by atoms with Crippen molar-refractivity contribution < 1.29 is 8.83 Å². The predicted molar refractivity (Wildman–Crippen MR) is 237 cm³/mol. The van der Waals surface area contributed by atoms with Gasteiger partial charge in [0.1, 0.15) is 22.3 Å². The van der Waals surface area contributed by atoms with Crippen LogP contribution in [0.5, 0.6) is 0 Å². The molecule has 0 amide bonds. The summed E-state index contributed by atoms with van der Waals surface area (Å²) < 4.78 is 15.9. The lowest BCUT2D eigenvalue weighted by Crippen LogP contribution is -2.09. The highest BCUT2D eigenvalue weighted by atomic mass is 32.1. The van der Waals surface area contributed by atoms with Gasteiger partial charge in [-0.05, 0) is 94.2 Å². The Morgan fingerprint density at radius 3 is 1.91 bits per heavy atom. The van der Waals surface area contributed by atoms with Crippen molar-refractivity contribution in [1.82, 2.24) is 0 Å². The Morgan fingerprint density at radius 1 is 0.357 bits per heavy atom. The molecule has 56 heavy (non-hydrogen) atoms. The first-order valence-corrected chi connectivity index (χ1v) is 19.7. The second kappa shape index (κ2) is 12.2. The third kappa shape index (κ3) is 4.76. The van der Waals surface area contributed by atoms with Gasteiger partial charge in [-0.25, -0.2) is 0 Å². The average Bonchev–Trinajstić information content (AvgIpc) is 3.95. The molecule has 12 aromatic rings. The molecule has 0 fully saturated rings. The standard InChI is InChI=1S/C52H31NO2S/c1-2-11-32(12-3-1)33-21-23-35(24-22-33)53(37-25-27-40-39-15-6-8-18-45(39)54-47(40)31-37)36-26-28-46-44(30-36)51-38-14-5-4-13-34(38)29-43(52(51)55-46)41-17-10-20-49-50(41)42-16-7-9-19-48(42)56-49/h1-31H. The van der Waals surface area contributed by atoms with Gasteiger partial charge >= 0.3 is 0 Å². The average molecular weight is 734 g/mol. The highest BCUT2D eigenvalue weighted by Crippen LogP contribution is 2.47. The van der Waals surface area contributed by atoms with Crippen molar-refractivity contribution >= 4 is 103 Å². The molecule has 3 nitrogen and oxygen atoms in total. The molecule has 0 spiro atoms. The van der Waals surface area contributed by atoms with E-state index in [4.69, 9.17) is 8.83 Å². The largest absolute Gasteiger partial charge is 0.456 e. The number of furan rings is 2. The first-order chi connectivity index (χ1) is 27.7. The summed E-state index contributed by atoms with van der Waals surface area (Å²) in [4.78, 5) is 2.32.